The first-order valence-electron chi connectivity index (χ1n) is 8.29. The van der Waals surface area contributed by atoms with Gasteiger partial charge in [-0.3, -0.25) is 0 Å². The van der Waals surface area contributed by atoms with Crippen molar-refractivity contribution in [3.63, 3.8) is 0 Å². The summed E-state index contributed by atoms with van der Waals surface area (Å²) in [4.78, 5) is 8.27. The molecule has 4 nitrogen and oxygen atoms in total. The number of aliphatic hydroxyl groups is 1. The van der Waals surface area contributed by atoms with Gasteiger partial charge in [0.25, 0.3) is 0 Å². The molecule has 1 N–H and O–H groups in total. The minimum atomic E-state index is -0.285. The Morgan fingerprint density at radius 1 is 1.19 bits per heavy atom. The summed E-state index contributed by atoms with van der Waals surface area (Å²) in [5.41, 5.74) is 0.875. The lowest BCUT2D eigenvalue weighted by molar-refractivity contribution is 0.0355. The molecule has 2 fully saturated rings. The molecule has 0 aromatic carbocycles. The first-order valence-corrected chi connectivity index (χ1v) is 8.29. The maximum absolute atomic E-state index is 10.6. The molecule has 3 rings (SSSR count). The van der Waals surface area contributed by atoms with Crippen LogP contribution in [-0.2, 0) is 6.42 Å². The van der Waals surface area contributed by atoms with E-state index in [1.165, 1.54) is 51.3 Å². The number of nitrogens with zero attached hydrogens (tertiary/aromatic N) is 2. The van der Waals surface area contributed by atoms with Crippen LogP contribution in [0.3, 0.4) is 0 Å². The lowest BCUT2D eigenvalue weighted by atomic mass is 9.66. The molecular weight excluding hydrogens is 264 g/mol. The molecule has 2 aliphatic carbocycles. The Hall–Kier alpha value is -1.16. The number of hydrogen-bond acceptors (Lipinski definition) is 4. The van der Waals surface area contributed by atoms with Crippen molar-refractivity contribution in [1.82, 2.24) is 9.97 Å². The van der Waals surface area contributed by atoms with Gasteiger partial charge in [-0.15, -0.1) is 0 Å². The van der Waals surface area contributed by atoms with E-state index in [0.29, 0.717) is 18.2 Å². The molecule has 4 heteroatoms. The van der Waals surface area contributed by atoms with Gasteiger partial charge in [0.2, 0.25) is 5.88 Å². The molecule has 2 saturated carbocycles. The highest BCUT2D eigenvalue weighted by molar-refractivity contribution is 5.14. The van der Waals surface area contributed by atoms with E-state index in [0.717, 1.165) is 17.5 Å². The van der Waals surface area contributed by atoms with Gasteiger partial charge in [0.05, 0.1) is 18.9 Å². The fraction of sp³-hybridized carbons (Fsp3) is 0.765. The standard InChI is InChI=1S/C17H26N2O2/c1-21-17-10-15(18-11-19-17)9-16(20)14-7-6-12-4-2-3-5-13(12)8-14/h10-14,16,20H,2-9H2,1H3. The van der Waals surface area contributed by atoms with Crippen molar-refractivity contribution in [3.8, 4) is 5.88 Å². The minimum Gasteiger partial charge on any atom is -0.481 e. The van der Waals surface area contributed by atoms with Gasteiger partial charge in [-0.05, 0) is 37.0 Å². The maximum atomic E-state index is 10.6. The number of aliphatic hydroxyl groups excluding tert-OH is 1. The third-order valence-corrected chi connectivity index (χ3v) is 5.45. The van der Waals surface area contributed by atoms with Crippen molar-refractivity contribution < 1.29 is 9.84 Å². The quantitative estimate of drug-likeness (QED) is 0.926. The normalized spacial score (nSPS) is 30.5. The number of fused-ring (bicyclic) bond motifs is 1. The summed E-state index contributed by atoms with van der Waals surface area (Å²) in [6, 6.07) is 1.83. The maximum Gasteiger partial charge on any atom is 0.216 e. The van der Waals surface area contributed by atoms with Crippen molar-refractivity contribution in [2.24, 2.45) is 17.8 Å². The molecule has 1 aromatic heterocycles. The zero-order valence-electron chi connectivity index (χ0n) is 12.9. The van der Waals surface area contributed by atoms with Gasteiger partial charge in [-0.25, -0.2) is 9.97 Å². The highest BCUT2D eigenvalue weighted by atomic mass is 16.5. The Bertz CT molecular complexity index is 466. The third-order valence-electron chi connectivity index (χ3n) is 5.45. The van der Waals surface area contributed by atoms with Crippen molar-refractivity contribution in [1.29, 1.82) is 0 Å². The summed E-state index contributed by atoms with van der Waals surface area (Å²) in [6.07, 6.45) is 11.1. The average Bonchev–Trinajstić information content (AvgIpc) is 2.54. The van der Waals surface area contributed by atoms with Gasteiger partial charge in [-0.2, -0.15) is 0 Å². The van der Waals surface area contributed by atoms with Crippen LogP contribution in [0.15, 0.2) is 12.4 Å². The molecular formula is C17H26N2O2. The summed E-state index contributed by atoms with van der Waals surface area (Å²) in [5, 5.41) is 10.6. The summed E-state index contributed by atoms with van der Waals surface area (Å²) in [5.74, 6) is 2.79. The van der Waals surface area contributed by atoms with Crippen LogP contribution < -0.4 is 4.74 Å². The van der Waals surface area contributed by atoms with Gasteiger partial charge in [0.15, 0.2) is 0 Å². The predicted molar refractivity (Wildman–Crippen MR) is 81.1 cm³/mol. The molecule has 4 unspecified atom stereocenters. The van der Waals surface area contributed by atoms with Crippen LogP contribution in [0.4, 0.5) is 0 Å². The van der Waals surface area contributed by atoms with Gasteiger partial charge < -0.3 is 9.84 Å². The topological polar surface area (TPSA) is 55.2 Å². The Balaban J connectivity index is 1.58. The summed E-state index contributed by atoms with van der Waals surface area (Å²) in [7, 11) is 1.60. The molecule has 2 aliphatic rings. The highest BCUT2D eigenvalue weighted by Gasteiger charge is 2.34. The van der Waals surface area contributed by atoms with Crippen LogP contribution >= 0.6 is 0 Å². The Morgan fingerprint density at radius 2 is 2.00 bits per heavy atom. The van der Waals surface area contributed by atoms with Gasteiger partial charge in [-0.1, -0.05) is 25.7 Å². The zero-order chi connectivity index (χ0) is 14.7. The van der Waals surface area contributed by atoms with Crippen LogP contribution in [0.5, 0.6) is 5.88 Å². The van der Waals surface area contributed by atoms with E-state index in [-0.39, 0.29) is 6.10 Å². The Labute approximate surface area is 127 Å². The summed E-state index contributed by atoms with van der Waals surface area (Å²) < 4.78 is 5.12. The van der Waals surface area contributed by atoms with Crippen LogP contribution in [0.1, 0.15) is 50.6 Å². The van der Waals surface area contributed by atoms with E-state index in [2.05, 4.69) is 9.97 Å². The average molecular weight is 290 g/mol. The molecule has 1 heterocycles. The molecule has 21 heavy (non-hydrogen) atoms. The van der Waals surface area contributed by atoms with Crippen molar-refractivity contribution in [2.45, 2.75) is 57.5 Å². The van der Waals surface area contributed by atoms with Crippen LogP contribution in [-0.4, -0.2) is 28.3 Å². The van der Waals surface area contributed by atoms with Crippen LogP contribution in [0, 0.1) is 17.8 Å². The number of methoxy groups -OCH3 is 1. The summed E-state index contributed by atoms with van der Waals surface area (Å²) in [6.45, 7) is 0. The zero-order valence-corrected chi connectivity index (χ0v) is 12.9. The second-order valence-corrected chi connectivity index (χ2v) is 6.70. The fourth-order valence-electron chi connectivity index (χ4n) is 4.24. The SMILES string of the molecule is COc1cc(CC(O)C2CCC3CCCCC3C2)ncn1. The fourth-order valence-corrected chi connectivity index (χ4v) is 4.24. The van der Waals surface area contributed by atoms with E-state index < -0.39 is 0 Å². The van der Waals surface area contributed by atoms with Crippen LogP contribution in [0.2, 0.25) is 0 Å². The highest BCUT2D eigenvalue weighted by Crippen LogP contribution is 2.43. The molecule has 0 amide bonds. The van der Waals surface area contributed by atoms with E-state index >= 15 is 0 Å². The van der Waals surface area contributed by atoms with E-state index in [4.69, 9.17) is 4.74 Å². The molecule has 1 aromatic rings. The first kappa shape index (κ1) is 14.8. The largest absolute Gasteiger partial charge is 0.481 e. The number of rotatable bonds is 4. The Morgan fingerprint density at radius 3 is 2.81 bits per heavy atom. The molecule has 0 saturated heterocycles. The first-order chi connectivity index (χ1) is 10.3. The number of aromatic nitrogens is 2. The molecule has 116 valence electrons. The van der Waals surface area contributed by atoms with Crippen LogP contribution in [0.25, 0.3) is 0 Å². The third kappa shape index (κ3) is 3.54. The molecule has 0 spiro atoms. The van der Waals surface area contributed by atoms with Crippen molar-refractivity contribution in [3.05, 3.63) is 18.1 Å². The smallest absolute Gasteiger partial charge is 0.216 e. The van der Waals surface area contributed by atoms with E-state index in [9.17, 15) is 5.11 Å². The predicted octanol–water partition coefficient (Wildman–Crippen LogP) is 3.00. The Kier molecular flexibility index (Phi) is 4.73. The van der Waals surface area contributed by atoms with E-state index in [1.54, 1.807) is 7.11 Å². The lowest BCUT2D eigenvalue weighted by Gasteiger charge is -2.40. The van der Waals surface area contributed by atoms with Gasteiger partial charge >= 0.3 is 0 Å². The molecule has 0 aliphatic heterocycles. The lowest BCUT2D eigenvalue weighted by Crippen LogP contribution is -2.34. The molecule has 0 bridgehead atoms. The molecule has 4 atom stereocenters. The van der Waals surface area contributed by atoms with E-state index in [1.807, 2.05) is 6.07 Å². The van der Waals surface area contributed by atoms with Gasteiger partial charge in [0, 0.05) is 12.5 Å². The number of hydrogen-bond donors (Lipinski definition) is 1. The summed E-state index contributed by atoms with van der Waals surface area (Å²) >= 11 is 0. The second kappa shape index (κ2) is 6.73. The van der Waals surface area contributed by atoms with Crippen molar-refractivity contribution >= 4 is 0 Å². The van der Waals surface area contributed by atoms with Crippen molar-refractivity contribution in [2.75, 3.05) is 7.11 Å². The monoisotopic (exact) mass is 290 g/mol. The van der Waals surface area contributed by atoms with Gasteiger partial charge in [0.1, 0.15) is 6.33 Å². The second-order valence-electron chi connectivity index (χ2n) is 6.70. The minimum absolute atomic E-state index is 0.285. The molecule has 0 radical (unpaired) electrons. The number of ether oxygens (including phenoxy) is 1.